The van der Waals surface area contributed by atoms with E-state index in [-0.39, 0.29) is 31.3 Å². The maximum atomic E-state index is 12.1. The summed E-state index contributed by atoms with van der Waals surface area (Å²) in [6.45, 7) is 2.16. The number of hydrogen-bond donors (Lipinski definition) is 1. The first-order chi connectivity index (χ1) is 15.5. The van der Waals surface area contributed by atoms with E-state index >= 15 is 0 Å². The molecule has 0 bridgehead atoms. The molecule has 1 N–H and O–H groups in total. The number of hydrogen-bond acceptors (Lipinski definition) is 7. The Balaban J connectivity index is 1.37. The van der Waals surface area contributed by atoms with Gasteiger partial charge in [-0.15, -0.1) is 0 Å². The van der Waals surface area contributed by atoms with Crippen molar-refractivity contribution >= 4 is 29.7 Å². The van der Waals surface area contributed by atoms with Crippen LogP contribution < -0.4 is 14.9 Å². The highest BCUT2D eigenvalue weighted by atomic mass is 35.5. The first kappa shape index (κ1) is 21.5. The van der Waals surface area contributed by atoms with E-state index < -0.39 is 5.97 Å². The highest BCUT2D eigenvalue weighted by Gasteiger charge is 2.15. The van der Waals surface area contributed by atoms with Crippen LogP contribution in [0.3, 0.4) is 0 Å². The molecule has 8 nitrogen and oxygen atoms in total. The molecular formula is C23H19ClN2O6. The summed E-state index contributed by atoms with van der Waals surface area (Å²) in [6.07, 6.45) is 1.53. The predicted octanol–water partition coefficient (Wildman–Crippen LogP) is 4.20. The summed E-state index contributed by atoms with van der Waals surface area (Å²) < 4.78 is 21.3. The van der Waals surface area contributed by atoms with E-state index in [9.17, 15) is 9.59 Å². The van der Waals surface area contributed by atoms with Gasteiger partial charge in [0.25, 0.3) is 0 Å². The number of nitrogens with one attached hydrogen (secondary N) is 1. The molecule has 0 saturated carbocycles. The number of esters is 1. The van der Waals surface area contributed by atoms with Crippen LogP contribution in [0.2, 0.25) is 5.02 Å². The van der Waals surface area contributed by atoms with Gasteiger partial charge in [-0.25, -0.2) is 10.2 Å². The SMILES string of the molecule is CCOC(=O)c1cc(-c2ccc(/C=N\NC(=O)Cc3ccc4c(c3)OCO4)o2)ccc1Cl. The lowest BCUT2D eigenvalue weighted by molar-refractivity contribution is -0.120. The number of carbonyl (C=O) groups excluding carboxylic acids is 2. The second kappa shape index (κ2) is 9.57. The monoisotopic (exact) mass is 454 g/mol. The topological polar surface area (TPSA) is 99.4 Å². The molecule has 3 aromatic rings. The molecule has 1 aliphatic heterocycles. The van der Waals surface area contributed by atoms with Crippen LogP contribution in [-0.2, 0) is 16.0 Å². The van der Waals surface area contributed by atoms with Crippen molar-refractivity contribution in [1.82, 2.24) is 5.43 Å². The zero-order chi connectivity index (χ0) is 22.5. The Hall–Kier alpha value is -3.78. The summed E-state index contributed by atoms with van der Waals surface area (Å²) in [5.41, 5.74) is 4.16. The summed E-state index contributed by atoms with van der Waals surface area (Å²) >= 11 is 6.10. The fraction of sp³-hybridized carbons (Fsp3) is 0.174. The smallest absolute Gasteiger partial charge is 0.339 e. The fourth-order valence-electron chi connectivity index (χ4n) is 3.06. The molecule has 2 heterocycles. The van der Waals surface area contributed by atoms with Gasteiger partial charge in [0.2, 0.25) is 12.7 Å². The number of benzene rings is 2. The Bertz CT molecular complexity index is 1190. The highest BCUT2D eigenvalue weighted by Crippen LogP contribution is 2.32. The van der Waals surface area contributed by atoms with Crippen molar-refractivity contribution in [3.05, 3.63) is 70.4 Å². The van der Waals surface area contributed by atoms with Crippen molar-refractivity contribution < 1.29 is 28.2 Å². The number of nitrogens with zero attached hydrogens (tertiary/aromatic N) is 1. The second-order valence-electron chi connectivity index (χ2n) is 6.77. The van der Waals surface area contributed by atoms with Crippen molar-refractivity contribution in [3.8, 4) is 22.8 Å². The average molecular weight is 455 g/mol. The van der Waals surface area contributed by atoms with Gasteiger partial charge < -0.3 is 18.6 Å². The van der Waals surface area contributed by atoms with Gasteiger partial charge >= 0.3 is 5.97 Å². The average Bonchev–Trinajstić information content (AvgIpc) is 3.43. The number of rotatable bonds is 7. The number of ether oxygens (including phenoxy) is 3. The van der Waals surface area contributed by atoms with Crippen molar-refractivity contribution in [2.45, 2.75) is 13.3 Å². The number of furan rings is 1. The lowest BCUT2D eigenvalue weighted by Crippen LogP contribution is -2.19. The minimum absolute atomic E-state index is 0.138. The van der Waals surface area contributed by atoms with Gasteiger partial charge in [0.05, 0.1) is 29.8 Å². The number of halogens is 1. The minimum atomic E-state index is -0.502. The lowest BCUT2D eigenvalue weighted by Gasteiger charge is -2.05. The molecule has 0 radical (unpaired) electrons. The molecule has 0 atom stereocenters. The number of carbonyl (C=O) groups is 2. The van der Waals surface area contributed by atoms with Gasteiger partial charge in [-0.05, 0) is 55.0 Å². The molecule has 9 heteroatoms. The molecule has 1 aromatic heterocycles. The number of amides is 1. The Kier molecular flexibility index (Phi) is 6.42. The number of hydrazone groups is 1. The van der Waals surface area contributed by atoms with Crippen molar-refractivity contribution in [3.63, 3.8) is 0 Å². The molecule has 164 valence electrons. The van der Waals surface area contributed by atoms with Crippen LogP contribution in [0.25, 0.3) is 11.3 Å². The quantitative estimate of drug-likeness (QED) is 0.326. The lowest BCUT2D eigenvalue weighted by atomic mass is 10.1. The van der Waals surface area contributed by atoms with Crippen molar-refractivity contribution in [2.75, 3.05) is 13.4 Å². The number of fused-ring (bicyclic) bond motifs is 1. The normalized spacial score (nSPS) is 12.2. The van der Waals surface area contributed by atoms with Gasteiger partial charge in [0.1, 0.15) is 11.5 Å². The van der Waals surface area contributed by atoms with Crippen LogP contribution in [0.5, 0.6) is 11.5 Å². The van der Waals surface area contributed by atoms with Crippen LogP contribution in [0.15, 0.2) is 58.0 Å². The predicted molar refractivity (Wildman–Crippen MR) is 117 cm³/mol. The third kappa shape index (κ3) is 4.92. The van der Waals surface area contributed by atoms with Crippen molar-refractivity contribution in [1.29, 1.82) is 0 Å². The van der Waals surface area contributed by atoms with E-state index in [1.807, 2.05) is 0 Å². The summed E-state index contributed by atoms with van der Waals surface area (Å²) in [5.74, 6) is 1.43. The van der Waals surface area contributed by atoms with E-state index in [1.165, 1.54) is 6.21 Å². The third-order valence-corrected chi connectivity index (χ3v) is 4.89. The summed E-state index contributed by atoms with van der Waals surface area (Å²) in [5, 5.41) is 4.23. The molecule has 32 heavy (non-hydrogen) atoms. The molecule has 0 unspecified atom stereocenters. The molecule has 0 fully saturated rings. The van der Waals surface area contributed by atoms with Gasteiger partial charge in [-0.2, -0.15) is 5.10 Å². The Morgan fingerprint density at radius 2 is 1.97 bits per heavy atom. The maximum absolute atomic E-state index is 12.1. The molecule has 2 aromatic carbocycles. The Morgan fingerprint density at radius 1 is 1.12 bits per heavy atom. The maximum Gasteiger partial charge on any atom is 0.339 e. The summed E-state index contributed by atoms with van der Waals surface area (Å²) in [7, 11) is 0. The largest absolute Gasteiger partial charge is 0.462 e. The third-order valence-electron chi connectivity index (χ3n) is 4.56. The van der Waals surface area contributed by atoms with Crippen LogP contribution in [-0.4, -0.2) is 31.5 Å². The highest BCUT2D eigenvalue weighted by molar-refractivity contribution is 6.33. The van der Waals surface area contributed by atoms with Gasteiger partial charge in [-0.1, -0.05) is 17.7 Å². The van der Waals surface area contributed by atoms with Crippen LogP contribution in [0.1, 0.15) is 28.6 Å². The first-order valence-corrected chi connectivity index (χ1v) is 10.2. The molecule has 0 spiro atoms. The van der Waals surface area contributed by atoms with Gasteiger partial charge in [-0.3, -0.25) is 4.79 Å². The Labute approximate surface area is 188 Å². The van der Waals surface area contributed by atoms with Gasteiger partial charge in [0.15, 0.2) is 11.5 Å². The molecule has 0 saturated heterocycles. The fourth-order valence-corrected chi connectivity index (χ4v) is 3.26. The van der Waals surface area contributed by atoms with Gasteiger partial charge in [0, 0.05) is 5.56 Å². The van der Waals surface area contributed by atoms with Crippen molar-refractivity contribution in [2.24, 2.45) is 5.10 Å². The van der Waals surface area contributed by atoms with Crippen LogP contribution in [0, 0.1) is 0 Å². The summed E-state index contributed by atoms with van der Waals surface area (Å²) in [6, 6.07) is 13.7. The van der Waals surface area contributed by atoms with E-state index in [0.29, 0.717) is 33.6 Å². The van der Waals surface area contributed by atoms with Crippen LogP contribution in [0.4, 0.5) is 0 Å². The minimum Gasteiger partial charge on any atom is -0.462 e. The van der Waals surface area contributed by atoms with E-state index in [2.05, 4.69) is 10.5 Å². The van der Waals surface area contributed by atoms with E-state index in [1.54, 1.807) is 55.5 Å². The van der Waals surface area contributed by atoms with E-state index in [4.69, 9.17) is 30.2 Å². The standard InChI is InChI=1S/C23H19ClN2O6/c1-2-29-23(28)17-11-15(4-6-18(17)24)19-8-5-16(32-19)12-25-26-22(27)10-14-3-7-20-21(9-14)31-13-30-20/h3-9,11-12H,2,10,13H2,1H3,(H,26,27)/b25-12-. The van der Waals surface area contributed by atoms with Crippen LogP contribution >= 0.6 is 11.6 Å². The first-order valence-electron chi connectivity index (χ1n) is 9.81. The molecule has 0 aliphatic carbocycles. The molecule has 4 rings (SSSR count). The summed E-state index contributed by atoms with van der Waals surface area (Å²) in [4.78, 5) is 24.2. The zero-order valence-electron chi connectivity index (χ0n) is 17.1. The second-order valence-corrected chi connectivity index (χ2v) is 7.18. The van der Waals surface area contributed by atoms with E-state index in [0.717, 1.165) is 5.56 Å². The Morgan fingerprint density at radius 3 is 2.81 bits per heavy atom. The molecule has 1 amide bonds. The zero-order valence-corrected chi connectivity index (χ0v) is 17.8. The molecular weight excluding hydrogens is 436 g/mol. The molecule has 1 aliphatic rings.